The Kier molecular flexibility index (Phi) is 2.57. The molecule has 2 heterocycles. The van der Waals surface area contributed by atoms with Gasteiger partial charge in [0.25, 0.3) is 0 Å². The van der Waals surface area contributed by atoms with Gasteiger partial charge >= 0.3 is 5.97 Å². The van der Waals surface area contributed by atoms with Gasteiger partial charge in [0.2, 0.25) is 0 Å². The van der Waals surface area contributed by atoms with Crippen LogP contribution in [0.4, 0.5) is 0 Å². The van der Waals surface area contributed by atoms with E-state index in [9.17, 15) is 4.79 Å². The summed E-state index contributed by atoms with van der Waals surface area (Å²) in [6.45, 7) is 0. The van der Waals surface area contributed by atoms with Crippen LogP contribution in [0.5, 0.6) is 0 Å². The molecule has 0 spiro atoms. The molecule has 3 aromatic rings. The summed E-state index contributed by atoms with van der Waals surface area (Å²) < 4.78 is 1.22. The fourth-order valence-corrected chi connectivity index (χ4v) is 2.84. The van der Waals surface area contributed by atoms with Crippen molar-refractivity contribution >= 4 is 27.4 Å². The lowest BCUT2D eigenvalue weighted by Crippen LogP contribution is -1.98. The highest BCUT2D eigenvalue weighted by atomic mass is 32.1. The number of carboxylic acids is 1. The summed E-state index contributed by atoms with van der Waals surface area (Å²) in [7, 11) is 0. The van der Waals surface area contributed by atoms with E-state index in [0.29, 0.717) is 0 Å². The third-order valence-electron chi connectivity index (χ3n) is 2.69. The highest BCUT2D eigenvalue weighted by Crippen LogP contribution is 2.32. The lowest BCUT2D eigenvalue weighted by Gasteiger charge is -1.97. The zero-order valence-corrected chi connectivity index (χ0v) is 10.1. The second kappa shape index (κ2) is 4.23. The molecule has 18 heavy (non-hydrogen) atoms. The Bertz CT molecular complexity index is 683. The van der Waals surface area contributed by atoms with Gasteiger partial charge in [-0.05, 0) is 29.7 Å². The normalized spacial score (nSPS) is 10.7. The average molecular weight is 255 g/mol. The van der Waals surface area contributed by atoms with Crippen molar-refractivity contribution in [1.82, 2.24) is 4.98 Å². The predicted octanol–water partition coefficient (Wildman–Crippen LogP) is 3.66. The Morgan fingerprint density at radius 2 is 2.00 bits per heavy atom. The fraction of sp³-hybridized carbons (Fsp3) is 0. The van der Waals surface area contributed by atoms with Crippen LogP contribution in [0.2, 0.25) is 0 Å². The van der Waals surface area contributed by atoms with E-state index in [2.05, 4.69) is 23.2 Å². The molecule has 0 radical (unpaired) electrons. The molecule has 4 heteroatoms. The van der Waals surface area contributed by atoms with Gasteiger partial charge < -0.3 is 5.11 Å². The number of aromatic carboxylic acids is 1. The second-order valence-electron chi connectivity index (χ2n) is 3.89. The Hall–Kier alpha value is -2.20. The van der Waals surface area contributed by atoms with Crippen molar-refractivity contribution in [2.75, 3.05) is 0 Å². The number of carbonyl (C=O) groups is 1. The minimum absolute atomic E-state index is 0.0693. The van der Waals surface area contributed by atoms with Gasteiger partial charge in [-0.1, -0.05) is 18.2 Å². The summed E-state index contributed by atoms with van der Waals surface area (Å²) in [4.78, 5) is 15.8. The molecule has 0 bridgehead atoms. The van der Waals surface area contributed by atoms with Crippen LogP contribution in [0.15, 0.2) is 48.7 Å². The molecule has 3 nitrogen and oxygen atoms in total. The van der Waals surface area contributed by atoms with E-state index in [1.165, 1.54) is 16.2 Å². The zero-order chi connectivity index (χ0) is 12.5. The van der Waals surface area contributed by atoms with E-state index >= 15 is 0 Å². The van der Waals surface area contributed by atoms with Crippen molar-refractivity contribution in [3.63, 3.8) is 0 Å². The van der Waals surface area contributed by atoms with Crippen LogP contribution in [0, 0.1) is 0 Å². The van der Waals surface area contributed by atoms with Gasteiger partial charge in [-0.2, -0.15) is 0 Å². The number of benzene rings is 1. The fourth-order valence-electron chi connectivity index (χ4n) is 1.79. The number of carboxylic acid groups (broad SMARTS) is 1. The molecule has 0 fully saturated rings. The average Bonchev–Trinajstić information content (AvgIpc) is 2.82. The van der Waals surface area contributed by atoms with Gasteiger partial charge in [-0.3, -0.25) is 0 Å². The van der Waals surface area contributed by atoms with Crippen molar-refractivity contribution in [2.45, 2.75) is 0 Å². The third-order valence-corrected chi connectivity index (χ3v) is 3.86. The summed E-state index contributed by atoms with van der Waals surface area (Å²) in [5.74, 6) is -1.00. The molecule has 0 saturated heterocycles. The van der Waals surface area contributed by atoms with Crippen molar-refractivity contribution < 1.29 is 9.90 Å². The predicted molar refractivity (Wildman–Crippen MR) is 72.0 cm³/mol. The molecular formula is C14H9NO2S. The third kappa shape index (κ3) is 1.87. The van der Waals surface area contributed by atoms with Crippen molar-refractivity contribution in [2.24, 2.45) is 0 Å². The van der Waals surface area contributed by atoms with Crippen LogP contribution >= 0.6 is 11.3 Å². The lowest BCUT2D eigenvalue weighted by atomic mass is 10.2. The molecule has 0 aliphatic rings. The molecule has 88 valence electrons. The number of thiophene rings is 1. The highest BCUT2D eigenvalue weighted by Gasteiger charge is 2.07. The monoisotopic (exact) mass is 255 g/mol. The Balaban J connectivity index is 2.06. The van der Waals surface area contributed by atoms with Gasteiger partial charge in [-0.25, -0.2) is 9.78 Å². The molecule has 0 unspecified atom stereocenters. The quantitative estimate of drug-likeness (QED) is 0.760. The number of pyridine rings is 1. The molecule has 0 aliphatic carbocycles. The van der Waals surface area contributed by atoms with Crippen molar-refractivity contribution in [1.29, 1.82) is 0 Å². The standard InChI is InChI=1S/C14H9NO2S/c16-14(17)11-6-5-10(8-15-11)13-7-9-3-1-2-4-12(9)18-13/h1-8H,(H,16,17). The maximum atomic E-state index is 10.7. The summed E-state index contributed by atoms with van der Waals surface area (Å²) in [6, 6.07) is 13.6. The first kappa shape index (κ1) is 10.9. The van der Waals surface area contributed by atoms with Gasteiger partial charge in [0.15, 0.2) is 0 Å². The van der Waals surface area contributed by atoms with Crippen LogP contribution in [-0.2, 0) is 0 Å². The minimum atomic E-state index is -1.00. The van der Waals surface area contributed by atoms with E-state index < -0.39 is 5.97 Å². The largest absolute Gasteiger partial charge is 0.477 e. The number of aromatic nitrogens is 1. The summed E-state index contributed by atoms with van der Waals surface area (Å²) in [6.07, 6.45) is 1.61. The van der Waals surface area contributed by atoms with Gasteiger partial charge in [0.1, 0.15) is 5.69 Å². The van der Waals surface area contributed by atoms with Crippen LogP contribution < -0.4 is 0 Å². The first-order valence-electron chi connectivity index (χ1n) is 5.42. The summed E-state index contributed by atoms with van der Waals surface area (Å²) >= 11 is 1.68. The summed E-state index contributed by atoms with van der Waals surface area (Å²) in [5.41, 5.74) is 1.01. The van der Waals surface area contributed by atoms with Crippen LogP contribution in [0.3, 0.4) is 0 Å². The SMILES string of the molecule is O=C(O)c1ccc(-c2cc3ccccc3s2)cn1. The molecule has 0 aliphatic heterocycles. The smallest absolute Gasteiger partial charge is 0.354 e. The summed E-state index contributed by atoms with van der Waals surface area (Å²) in [5, 5.41) is 9.99. The molecule has 0 amide bonds. The van der Waals surface area contributed by atoms with Gasteiger partial charge in [0.05, 0.1) is 0 Å². The van der Waals surface area contributed by atoms with Crippen molar-refractivity contribution in [3.05, 3.63) is 54.4 Å². The maximum absolute atomic E-state index is 10.7. The van der Waals surface area contributed by atoms with E-state index in [0.717, 1.165) is 10.4 Å². The number of fused-ring (bicyclic) bond motifs is 1. The number of nitrogens with zero attached hydrogens (tertiary/aromatic N) is 1. The van der Waals surface area contributed by atoms with E-state index in [-0.39, 0.29) is 5.69 Å². The molecule has 2 aromatic heterocycles. The molecule has 1 N–H and O–H groups in total. The molecule has 3 rings (SSSR count). The number of hydrogen-bond donors (Lipinski definition) is 1. The Morgan fingerprint density at radius 1 is 1.17 bits per heavy atom. The first-order chi connectivity index (χ1) is 8.74. The van der Waals surface area contributed by atoms with Crippen molar-refractivity contribution in [3.8, 4) is 10.4 Å². The van der Waals surface area contributed by atoms with Crippen LogP contribution in [-0.4, -0.2) is 16.1 Å². The van der Waals surface area contributed by atoms with Gasteiger partial charge in [-0.15, -0.1) is 11.3 Å². The minimum Gasteiger partial charge on any atom is -0.477 e. The number of rotatable bonds is 2. The lowest BCUT2D eigenvalue weighted by molar-refractivity contribution is 0.0690. The van der Waals surface area contributed by atoms with E-state index in [4.69, 9.17) is 5.11 Å². The highest BCUT2D eigenvalue weighted by molar-refractivity contribution is 7.22. The Morgan fingerprint density at radius 3 is 2.67 bits per heavy atom. The molecule has 0 saturated carbocycles. The Labute approximate surface area is 107 Å². The molecular weight excluding hydrogens is 246 g/mol. The molecule has 0 atom stereocenters. The number of hydrogen-bond acceptors (Lipinski definition) is 3. The second-order valence-corrected chi connectivity index (χ2v) is 4.97. The maximum Gasteiger partial charge on any atom is 0.354 e. The van der Waals surface area contributed by atoms with Crippen LogP contribution in [0.25, 0.3) is 20.5 Å². The first-order valence-corrected chi connectivity index (χ1v) is 6.24. The van der Waals surface area contributed by atoms with E-state index in [1.54, 1.807) is 23.6 Å². The van der Waals surface area contributed by atoms with Gasteiger partial charge in [0, 0.05) is 21.3 Å². The zero-order valence-electron chi connectivity index (χ0n) is 9.33. The van der Waals surface area contributed by atoms with E-state index in [1.807, 2.05) is 12.1 Å². The molecule has 1 aromatic carbocycles. The van der Waals surface area contributed by atoms with Crippen LogP contribution in [0.1, 0.15) is 10.5 Å². The topological polar surface area (TPSA) is 50.2 Å².